The van der Waals surface area contributed by atoms with Gasteiger partial charge >= 0.3 is 7.60 Å². The molecule has 4 bridgehead atoms. The summed E-state index contributed by atoms with van der Waals surface area (Å²) >= 11 is 6.37. The minimum Gasteiger partial charge on any atom is -0.388 e. The summed E-state index contributed by atoms with van der Waals surface area (Å²) in [6, 6.07) is 0. The van der Waals surface area contributed by atoms with E-state index in [1.807, 2.05) is 0 Å². The van der Waals surface area contributed by atoms with Gasteiger partial charge in [0.15, 0.2) is 23.2 Å². The van der Waals surface area contributed by atoms with E-state index in [4.69, 9.17) is 26.1 Å². The van der Waals surface area contributed by atoms with Crippen molar-refractivity contribution in [3.05, 3.63) is 11.6 Å². The highest BCUT2D eigenvalue weighted by atomic mass is 35.5. The molecule has 2 aromatic heterocycles. The van der Waals surface area contributed by atoms with Crippen LogP contribution < -0.4 is 5.32 Å². The molecule has 13 nitrogen and oxygen atoms in total. The first-order chi connectivity index (χ1) is 18.5. The number of ether oxygens (including phenoxy) is 1. The van der Waals surface area contributed by atoms with Gasteiger partial charge in [-0.05, 0) is 73.3 Å². The topological polar surface area (TPSA) is 200 Å². The third-order valence-electron chi connectivity index (χ3n) is 9.18. The summed E-state index contributed by atoms with van der Waals surface area (Å²) in [5.41, 5.74) is 1.16. The van der Waals surface area contributed by atoms with Gasteiger partial charge in [0.1, 0.15) is 18.1 Å². The van der Waals surface area contributed by atoms with Gasteiger partial charge in [-0.15, -0.1) is 0 Å². The second-order valence-electron chi connectivity index (χ2n) is 13.4. The van der Waals surface area contributed by atoms with Crippen molar-refractivity contribution in [2.24, 2.45) is 16.7 Å². The molecule has 0 amide bonds. The lowest BCUT2D eigenvalue weighted by atomic mass is 9.43. The molecular weight excluding hydrogens is 584 g/mol. The zero-order valence-corrected chi connectivity index (χ0v) is 24.9. The quantitative estimate of drug-likeness (QED) is 0.187. The predicted molar refractivity (Wildman–Crippen MR) is 146 cm³/mol. The first kappa shape index (κ1) is 29.0. The van der Waals surface area contributed by atoms with Crippen molar-refractivity contribution in [2.75, 3.05) is 17.4 Å². The lowest BCUT2D eigenvalue weighted by Crippen LogP contribution is -2.61. The molecule has 1 aliphatic heterocycles. The van der Waals surface area contributed by atoms with Crippen LogP contribution in [0.25, 0.3) is 11.2 Å². The van der Waals surface area contributed by atoms with Crippen LogP contribution in [0.3, 0.4) is 0 Å². The van der Waals surface area contributed by atoms with E-state index in [-0.39, 0.29) is 28.1 Å². The molecule has 4 saturated carbocycles. The number of imidazole rings is 1. The predicted octanol–water partition coefficient (Wildman–Crippen LogP) is 3.06. The highest BCUT2D eigenvalue weighted by Gasteiger charge is 2.60. The molecule has 0 aromatic carbocycles. The van der Waals surface area contributed by atoms with Gasteiger partial charge in [-0.25, -0.2) is 4.98 Å². The molecule has 16 heteroatoms. The first-order valence-corrected chi connectivity index (χ1v) is 17.7. The Balaban J connectivity index is 1.25. The van der Waals surface area contributed by atoms with Gasteiger partial charge in [-0.2, -0.15) is 9.97 Å². The van der Waals surface area contributed by atoms with Crippen molar-refractivity contribution in [2.45, 2.75) is 88.9 Å². The molecule has 7 rings (SSSR count). The van der Waals surface area contributed by atoms with Gasteiger partial charge in [-0.3, -0.25) is 13.7 Å². The van der Waals surface area contributed by atoms with Crippen LogP contribution in [0.15, 0.2) is 6.33 Å². The minimum atomic E-state index is -4.70. The summed E-state index contributed by atoms with van der Waals surface area (Å²) in [7, 11) is -8.89. The molecule has 6 N–H and O–H groups in total. The molecule has 3 heterocycles. The molecule has 1 saturated heterocycles. The average Bonchev–Trinajstić information content (AvgIpc) is 3.29. The summed E-state index contributed by atoms with van der Waals surface area (Å²) in [6.45, 7) is 4.76. The molecular formula is C24H36ClN5O8P2. The second-order valence-corrected chi connectivity index (χ2v) is 18.4. The van der Waals surface area contributed by atoms with E-state index in [0.717, 1.165) is 19.3 Å². The van der Waals surface area contributed by atoms with Crippen LogP contribution in [0, 0.1) is 16.7 Å². The van der Waals surface area contributed by atoms with E-state index in [1.54, 1.807) is 0 Å². The number of rotatable bonds is 8. The number of nitrogens with zero attached hydrogens (tertiary/aromatic N) is 4. The molecule has 9 atom stereocenters. The van der Waals surface area contributed by atoms with Crippen LogP contribution in [0.1, 0.15) is 65.0 Å². The number of hydrogen-bond acceptors (Lipinski definition) is 9. The van der Waals surface area contributed by atoms with Gasteiger partial charge in [0, 0.05) is 11.7 Å². The highest BCUT2D eigenvalue weighted by Crippen LogP contribution is 2.67. The Hall–Kier alpha value is -1.14. The molecule has 5 aliphatic rings. The molecule has 222 valence electrons. The Kier molecular flexibility index (Phi) is 6.83. The molecule has 2 aromatic rings. The molecule has 4 aliphatic carbocycles. The van der Waals surface area contributed by atoms with Crippen LogP contribution >= 0.6 is 26.6 Å². The van der Waals surface area contributed by atoms with Gasteiger partial charge in [0.2, 0.25) is 12.7 Å². The third kappa shape index (κ3) is 5.38. The minimum absolute atomic E-state index is 0.0119. The maximum Gasteiger partial charge on any atom is 0.335 e. The summed E-state index contributed by atoms with van der Waals surface area (Å²) < 4.78 is 30.8. The molecule has 0 radical (unpaired) electrons. The summed E-state index contributed by atoms with van der Waals surface area (Å²) in [4.78, 5) is 41.5. The van der Waals surface area contributed by atoms with Crippen molar-refractivity contribution >= 4 is 43.5 Å². The highest BCUT2D eigenvalue weighted by molar-refractivity contribution is 7.72. The fraction of sp³-hybridized carbons (Fsp3) is 0.792. The van der Waals surface area contributed by atoms with Gasteiger partial charge < -0.3 is 34.9 Å². The fourth-order valence-corrected chi connectivity index (χ4v) is 12.6. The van der Waals surface area contributed by atoms with Gasteiger partial charge in [-0.1, -0.05) is 13.8 Å². The Bertz CT molecular complexity index is 1420. The second kappa shape index (κ2) is 9.43. The summed E-state index contributed by atoms with van der Waals surface area (Å²) in [5, 5.41) is 25.1. The number of halogens is 1. The van der Waals surface area contributed by atoms with Crippen molar-refractivity contribution in [3.63, 3.8) is 0 Å². The number of fused-ring (bicyclic) bond motifs is 1. The summed E-state index contributed by atoms with van der Waals surface area (Å²) in [6.07, 6.45) is 2.55. The summed E-state index contributed by atoms with van der Waals surface area (Å²) in [5.74, 6) is -0.00112. The van der Waals surface area contributed by atoms with E-state index in [1.165, 1.54) is 30.2 Å². The lowest BCUT2D eigenvalue weighted by molar-refractivity contribution is -0.0973. The number of aromatic nitrogens is 4. The number of aliphatic hydroxyl groups is 2. The number of hydrogen-bond donors (Lipinski definition) is 6. The van der Waals surface area contributed by atoms with E-state index in [2.05, 4.69) is 34.1 Å². The first-order valence-electron chi connectivity index (χ1n) is 13.5. The van der Waals surface area contributed by atoms with E-state index in [9.17, 15) is 24.2 Å². The number of anilines is 1. The lowest BCUT2D eigenvalue weighted by Gasteiger charge is -2.65. The fourth-order valence-electron chi connectivity index (χ4n) is 8.89. The van der Waals surface area contributed by atoms with E-state index < -0.39 is 51.6 Å². The van der Waals surface area contributed by atoms with E-state index >= 15 is 0 Å². The van der Waals surface area contributed by atoms with Crippen LogP contribution in [0.5, 0.6) is 0 Å². The normalized spacial score (nSPS) is 40.5. The molecule has 5 fully saturated rings. The SMILES string of the molecule is C[C@]12C[C@@H]3C[C@](C)(C1)C[C@@](Nc1nc(Cl)nc4c1ncn4[C@@H]1O[C@H](CCP(=O)(O)CP(=O)(O)O)[C@H](O)C1O)(C3)C2. The molecule has 2 unspecified atom stereocenters. The Morgan fingerprint density at radius 1 is 1.07 bits per heavy atom. The largest absolute Gasteiger partial charge is 0.388 e. The Labute approximate surface area is 236 Å². The van der Waals surface area contributed by atoms with E-state index in [0.29, 0.717) is 22.9 Å². The monoisotopic (exact) mass is 619 g/mol. The number of nitrogens with one attached hydrogen (secondary N) is 1. The zero-order valence-electron chi connectivity index (χ0n) is 22.4. The van der Waals surface area contributed by atoms with Crippen molar-refractivity contribution in [1.29, 1.82) is 0 Å². The van der Waals surface area contributed by atoms with Gasteiger partial charge in [0.25, 0.3) is 0 Å². The smallest absolute Gasteiger partial charge is 0.335 e. The standard InChI is InChI=1S/C24H36ClN5O8P2/c1-22-5-13-6-23(2,8-22)10-24(7-13,9-22)29-18-15-19(28-21(25)27-18)30(11-26-15)20-17(32)16(31)14(38-20)3-4-39(33,34)12-40(35,36)37/h11,13-14,16-17,20,31-32H,3-10,12H2,1-2H3,(H,33,34)(H,27,28,29)(H2,35,36,37)/t13-,14-,16+,17?,20-,22+,23-,24-/m1/s1. The third-order valence-corrected chi connectivity index (χ3v) is 13.6. The maximum atomic E-state index is 12.2. The van der Waals surface area contributed by atoms with Crippen LogP contribution in [0.4, 0.5) is 5.82 Å². The Morgan fingerprint density at radius 2 is 1.75 bits per heavy atom. The maximum absolute atomic E-state index is 12.2. The van der Waals surface area contributed by atoms with Crippen molar-refractivity contribution < 1.29 is 38.8 Å². The van der Waals surface area contributed by atoms with Crippen molar-refractivity contribution in [1.82, 2.24) is 19.5 Å². The Morgan fingerprint density at radius 3 is 2.38 bits per heavy atom. The molecule has 0 spiro atoms. The van der Waals surface area contributed by atoms with Crippen LogP contribution in [0.2, 0.25) is 5.28 Å². The molecule has 40 heavy (non-hydrogen) atoms. The van der Waals surface area contributed by atoms with Crippen LogP contribution in [-0.4, -0.2) is 80.3 Å². The number of aliphatic hydroxyl groups excluding tert-OH is 2. The van der Waals surface area contributed by atoms with Gasteiger partial charge in [0.05, 0.1) is 12.4 Å². The van der Waals surface area contributed by atoms with Crippen molar-refractivity contribution in [3.8, 4) is 0 Å². The van der Waals surface area contributed by atoms with Crippen LogP contribution in [-0.2, 0) is 13.9 Å². The average molecular weight is 620 g/mol. The zero-order chi connectivity index (χ0) is 28.9.